The van der Waals surface area contributed by atoms with Gasteiger partial charge in [0.1, 0.15) is 15.8 Å². The Morgan fingerprint density at radius 1 is 1.40 bits per heavy atom. The Balaban J connectivity index is 2.11. The van der Waals surface area contributed by atoms with Crippen molar-refractivity contribution >= 4 is 26.5 Å². The Hall–Kier alpha value is -0.650. The molecular weight excluding hydrogens is 236 g/mol. The van der Waals surface area contributed by atoms with Gasteiger partial charge in [-0.15, -0.1) is 0 Å². The molecule has 15 heavy (non-hydrogen) atoms. The topological polar surface area (TPSA) is 42.4 Å². The molecule has 1 aromatic rings. The highest BCUT2D eigenvalue weighted by Crippen LogP contribution is 2.15. The Morgan fingerprint density at radius 2 is 2.13 bits per heavy atom. The zero-order chi connectivity index (χ0) is 10.7. The first-order chi connectivity index (χ1) is 7.27. The number of pyridine rings is 1. The molecule has 1 saturated heterocycles. The standard InChI is InChI=1S/C9H11ClN2O2S/c10-15(13)8-1-2-9(11-7-8)12-3-5-14-6-4-12/h1-2,7H,3-6H2. The number of aromatic nitrogens is 1. The number of nitrogens with zero attached hydrogens (tertiary/aromatic N) is 2. The van der Waals surface area contributed by atoms with E-state index in [2.05, 4.69) is 9.88 Å². The minimum absolute atomic E-state index is 0.536. The predicted octanol–water partition coefficient (Wildman–Crippen LogP) is 1.18. The van der Waals surface area contributed by atoms with E-state index in [-0.39, 0.29) is 0 Å². The molecule has 0 bridgehead atoms. The summed E-state index contributed by atoms with van der Waals surface area (Å²) in [6.07, 6.45) is 1.55. The van der Waals surface area contributed by atoms with Crippen molar-refractivity contribution in [3.8, 4) is 0 Å². The van der Waals surface area contributed by atoms with Crippen LogP contribution in [0.2, 0.25) is 0 Å². The average molecular weight is 247 g/mol. The molecule has 0 aromatic carbocycles. The molecular formula is C9H11ClN2O2S. The highest BCUT2D eigenvalue weighted by molar-refractivity contribution is 8.08. The maximum absolute atomic E-state index is 10.9. The summed E-state index contributed by atoms with van der Waals surface area (Å²) in [4.78, 5) is 6.88. The van der Waals surface area contributed by atoms with E-state index in [9.17, 15) is 4.21 Å². The van der Waals surface area contributed by atoms with Gasteiger partial charge in [-0.3, -0.25) is 0 Å². The number of ether oxygens (including phenoxy) is 1. The third-order valence-corrected chi connectivity index (χ3v) is 3.39. The molecule has 0 N–H and O–H groups in total. The van der Waals surface area contributed by atoms with Crippen LogP contribution in [0, 0.1) is 0 Å². The van der Waals surface area contributed by atoms with Crippen molar-refractivity contribution in [2.45, 2.75) is 4.90 Å². The van der Waals surface area contributed by atoms with Crippen LogP contribution in [0.15, 0.2) is 23.2 Å². The summed E-state index contributed by atoms with van der Waals surface area (Å²) >= 11 is 0. The first-order valence-corrected chi connectivity index (χ1v) is 6.62. The van der Waals surface area contributed by atoms with Crippen molar-refractivity contribution in [2.24, 2.45) is 0 Å². The number of anilines is 1. The largest absolute Gasteiger partial charge is 0.378 e. The molecule has 0 saturated carbocycles. The first kappa shape index (κ1) is 10.9. The van der Waals surface area contributed by atoms with Crippen LogP contribution >= 0.6 is 10.7 Å². The maximum atomic E-state index is 10.9. The fraction of sp³-hybridized carbons (Fsp3) is 0.444. The number of morpholine rings is 1. The van der Waals surface area contributed by atoms with E-state index in [1.54, 1.807) is 12.3 Å². The second kappa shape index (κ2) is 4.92. The van der Waals surface area contributed by atoms with Crippen molar-refractivity contribution < 1.29 is 8.95 Å². The van der Waals surface area contributed by atoms with Crippen LogP contribution in [0.5, 0.6) is 0 Å². The average Bonchev–Trinajstić information content (AvgIpc) is 2.30. The third kappa shape index (κ3) is 2.68. The van der Waals surface area contributed by atoms with Crippen molar-refractivity contribution in [1.29, 1.82) is 0 Å². The van der Waals surface area contributed by atoms with Gasteiger partial charge in [-0.05, 0) is 22.8 Å². The SMILES string of the molecule is O=S(Cl)c1ccc(N2CCOCC2)nc1. The van der Waals surface area contributed by atoms with E-state index in [0.717, 1.165) is 32.1 Å². The summed E-state index contributed by atoms with van der Waals surface area (Å²) in [5.74, 6) is 0.879. The van der Waals surface area contributed by atoms with Gasteiger partial charge in [0.2, 0.25) is 0 Å². The summed E-state index contributed by atoms with van der Waals surface area (Å²) in [7, 11) is 3.96. The minimum Gasteiger partial charge on any atom is -0.378 e. The number of halogens is 1. The highest BCUT2D eigenvalue weighted by atomic mass is 35.7. The fourth-order valence-corrected chi connectivity index (χ4v) is 2.03. The second-order valence-corrected chi connectivity index (χ2v) is 4.93. The lowest BCUT2D eigenvalue weighted by Crippen LogP contribution is -2.36. The lowest BCUT2D eigenvalue weighted by molar-refractivity contribution is 0.122. The van der Waals surface area contributed by atoms with Gasteiger partial charge in [0.05, 0.1) is 18.1 Å². The van der Waals surface area contributed by atoms with Gasteiger partial charge in [0, 0.05) is 19.3 Å². The maximum Gasteiger partial charge on any atom is 0.149 e. The normalized spacial score (nSPS) is 18.9. The molecule has 1 aromatic heterocycles. The summed E-state index contributed by atoms with van der Waals surface area (Å²) in [6, 6.07) is 3.57. The Labute approximate surface area is 95.2 Å². The molecule has 1 aliphatic rings. The number of rotatable bonds is 2. The Kier molecular flexibility index (Phi) is 3.56. The molecule has 0 radical (unpaired) electrons. The predicted molar refractivity (Wildman–Crippen MR) is 59.5 cm³/mol. The van der Waals surface area contributed by atoms with Gasteiger partial charge in [0.25, 0.3) is 0 Å². The van der Waals surface area contributed by atoms with E-state index < -0.39 is 10.0 Å². The lowest BCUT2D eigenvalue weighted by Gasteiger charge is -2.27. The molecule has 0 aliphatic carbocycles. The van der Waals surface area contributed by atoms with Gasteiger partial charge in [-0.2, -0.15) is 0 Å². The van der Waals surface area contributed by atoms with E-state index in [0.29, 0.717) is 4.90 Å². The van der Waals surface area contributed by atoms with Crippen LogP contribution in [0.1, 0.15) is 0 Å². The van der Waals surface area contributed by atoms with E-state index in [4.69, 9.17) is 15.4 Å². The quantitative estimate of drug-likeness (QED) is 0.735. The van der Waals surface area contributed by atoms with Gasteiger partial charge in [-0.1, -0.05) is 0 Å². The monoisotopic (exact) mass is 246 g/mol. The smallest absolute Gasteiger partial charge is 0.149 e. The zero-order valence-electron chi connectivity index (χ0n) is 8.06. The van der Waals surface area contributed by atoms with E-state index in [1.807, 2.05) is 6.07 Å². The third-order valence-electron chi connectivity index (χ3n) is 2.24. The zero-order valence-corrected chi connectivity index (χ0v) is 9.63. The van der Waals surface area contributed by atoms with Crippen molar-refractivity contribution in [1.82, 2.24) is 4.98 Å². The molecule has 2 heterocycles. The van der Waals surface area contributed by atoms with Crippen LogP contribution in [-0.2, 0) is 14.7 Å². The molecule has 6 heteroatoms. The molecule has 82 valence electrons. The van der Waals surface area contributed by atoms with Crippen LogP contribution in [0.4, 0.5) is 5.82 Å². The molecule has 1 fully saturated rings. The Morgan fingerprint density at radius 3 is 2.67 bits per heavy atom. The molecule has 1 aliphatic heterocycles. The van der Waals surface area contributed by atoms with Crippen molar-refractivity contribution in [2.75, 3.05) is 31.2 Å². The van der Waals surface area contributed by atoms with E-state index in [1.165, 1.54) is 0 Å². The van der Waals surface area contributed by atoms with Crippen molar-refractivity contribution in [3.05, 3.63) is 18.3 Å². The fourth-order valence-electron chi connectivity index (χ4n) is 1.45. The summed E-state index contributed by atoms with van der Waals surface area (Å²) in [5, 5.41) is 0. The van der Waals surface area contributed by atoms with Crippen LogP contribution < -0.4 is 4.90 Å². The number of hydrogen-bond donors (Lipinski definition) is 0. The molecule has 1 unspecified atom stereocenters. The highest BCUT2D eigenvalue weighted by Gasteiger charge is 2.12. The summed E-state index contributed by atoms with van der Waals surface area (Å²) in [5.41, 5.74) is 0. The van der Waals surface area contributed by atoms with E-state index >= 15 is 0 Å². The molecule has 0 spiro atoms. The van der Waals surface area contributed by atoms with Crippen molar-refractivity contribution in [3.63, 3.8) is 0 Å². The molecule has 0 amide bonds. The number of hydrogen-bond acceptors (Lipinski definition) is 4. The molecule has 2 rings (SSSR count). The molecule has 1 atom stereocenters. The summed E-state index contributed by atoms with van der Waals surface area (Å²) < 4.78 is 16.2. The van der Waals surface area contributed by atoms with Gasteiger partial charge < -0.3 is 9.64 Å². The van der Waals surface area contributed by atoms with Crippen LogP contribution in [0.25, 0.3) is 0 Å². The van der Waals surface area contributed by atoms with Gasteiger partial charge >= 0.3 is 0 Å². The Bertz CT molecular complexity index is 352. The molecule has 4 nitrogen and oxygen atoms in total. The minimum atomic E-state index is -1.48. The first-order valence-electron chi connectivity index (χ1n) is 4.64. The second-order valence-electron chi connectivity index (χ2n) is 3.17. The lowest BCUT2D eigenvalue weighted by atomic mass is 10.4. The van der Waals surface area contributed by atoms with Crippen LogP contribution in [0.3, 0.4) is 0 Å². The summed E-state index contributed by atoms with van der Waals surface area (Å²) in [6.45, 7) is 3.14. The van der Waals surface area contributed by atoms with Crippen LogP contribution in [-0.4, -0.2) is 35.5 Å². The van der Waals surface area contributed by atoms with Gasteiger partial charge in [0.15, 0.2) is 0 Å². The van der Waals surface area contributed by atoms with Gasteiger partial charge in [-0.25, -0.2) is 9.19 Å².